The molecule has 1 amide bonds. The third kappa shape index (κ3) is 9.88. The Morgan fingerprint density at radius 1 is 1.06 bits per heavy atom. The van der Waals surface area contributed by atoms with Gasteiger partial charge in [-0.2, -0.15) is 4.31 Å². The molecule has 0 spiro atoms. The molecular formula is C39H57ClN4O5S. The van der Waals surface area contributed by atoms with Crippen molar-refractivity contribution in [3.05, 3.63) is 70.7 Å². The number of piperazine rings is 1. The molecule has 9 nitrogen and oxygen atoms in total. The summed E-state index contributed by atoms with van der Waals surface area (Å²) in [5, 5.41) is 11.5. The zero-order valence-electron chi connectivity index (χ0n) is 29.8. The molecule has 4 fully saturated rings. The third-order valence-electron chi connectivity index (χ3n) is 11.5. The van der Waals surface area contributed by atoms with Crippen LogP contribution in [0.2, 0.25) is 5.02 Å². The molecule has 0 aromatic heterocycles. The lowest BCUT2D eigenvalue weighted by Crippen LogP contribution is -2.57. The van der Waals surface area contributed by atoms with Crippen LogP contribution in [0.1, 0.15) is 88.7 Å². The molecular weight excluding hydrogens is 672 g/mol. The Morgan fingerprint density at radius 2 is 1.86 bits per heavy atom. The Morgan fingerprint density at radius 3 is 2.64 bits per heavy atom. The Bertz CT molecular complexity index is 1490. The third-order valence-corrected chi connectivity index (χ3v) is 13.7. The first-order valence-corrected chi connectivity index (χ1v) is 20.8. The minimum Gasteiger partial charge on any atom is -0.376 e. The summed E-state index contributed by atoms with van der Waals surface area (Å²) in [5.41, 5.74) is 1.94. The van der Waals surface area contributed by atoms with E-state index in [4.69, 9.17) is 21.1 Å². The highest BCUT2D eigenvalue weighted by Gasteiger charge is 2.42. The summed E-state index contributed by atoms with van der Waals surface area (Å²) in [7, 11) is -3.23. The van der Waals surface area contributed by atoms with Crippen molar-refractivity contribution in [1.29, 1.82) is 0 Å². The normalized spacial score (nSPS) is 30.2. The number of rotatable bonds is 14. The molecule has 11 heteroatoms. The van der Waals surface area contributed by atoms with E-state index < -0.39 is 16.1 Å². The maximum absolute atomic E-state index is 14.6. The van der Waals surface area contributed by atoms with E-state index in [9.17, 15) is 13.2 Å². The van der Waals surface area contributed by atoms with Crippen LogP contribution in [0, 0.1) is 11.8 Å². The topological polar surface area (TPSA) is 109 Å². The number of sulfonamides is 1. The zero-order valence-corrected chi connectivity index (χ0v) is 31.4. The number of benzene rings is 2. The summed E-state index contributed by atoms with van der Waals surface area (Å²) >= 11 is 6.35. The fourth-order valence-corrected chi connectivity index (χ4v) is 10.9. The lowest BCUT2D eigenvalue weighted by atomic mass is 9.73. The Kier molecular flexibility index (Phi) is 13.0. The van der Waals surface area contributed by atoms with E-state index in [1.165, 1.54) is 0 Å². The number of nitrogens with one attached hydrogen (secondary N) is 3. The van der Waals surface area contributed by atoms with Crippen LogP contribution in [-0.2, 0) is 30.9 Å². The first-order chi connectivity index (χ1) is 24.1. The molecule has 1 aliphatic carbocycles. The number of fused-ring (bicyclic) bond motifs is 2. The van der Waals surface area contributed by atoms with Gasteiger partial charge in [-0.05, 0) is 100 Å². The van der Waals surface area contributed by atoms with E-state index in [0.717, 1.165) is 68.9 Å². The maximum atomic E-state index is 14.6. The number of hydrogen-bond acceptors (Lipinski definition) is 7. The monoisotopic (exact) mass is 728 g/mol. The van der Waals surface area contributed by atoms with Crippen LogP contribution in [0.5, 0.6) is 0 Å². The number of hydrogen-bond donors (Lipinski definition) is 3. The number of halogens is 1. The zero-order chi connectivity index (χ0) is 35.1. The van der Waals surface area contributed by atoms with Crippen LogP contribution in [0.25, 0.3) is 0 Å². The first kappa shape index (κ1) is 37.7. The Hall–Kier alpha value is -2.05. The van der Waals surface area contributed by atoms with E-state index in [2.05, 4.69) is 54.1 Å². The van der Waals surface area contributed by atoms with Crippen LogP contribution in [0.4, 0.5) is 0 Å². The van der Waals surface area contributed by atoms with Crippen molar-refractivity contribution in [2.45, 2.75) is 114 Å². The minimum absolute atomic E-state index is 0.0199. The largest absolute Gasteiger partial charge is 0.376 e. The van der Waals surface area contributed by atoms with Crippen molar-refractivity contribution in [3.63, 3.8) is 0 Å². The van der Waals surface area contributed by atoms with Crippen molar-refractivity contribution in [3.8, 4) is 0 Å². The van der Waals surface area contributed by atoms with Gasteiger partial charge in [0.1, 0.15) is 0 Å². The molecule has 0 radical (unpaired) electrons. The van der Waals surface area contributed by atoms with Crippen LogP contribution in [0.3, 0.4) is 0 Å². The molecule has 50 heavy (non-hydrogen) atoms. The van der Waals surface area contributed by atoms with Gasteiger partial charge in [0, 0.05) is 55.3 Å². The highest BCUT2D eigenvalue weighted by Crippen LogP contribution is 2.41. The minimum atomic E-state index is -3.23. The Balaban J connectivity index is 1.16. The van der Waals surface area contributed by atoms with Crippen molar-refractivity contribution >= 4 is 27.5 Å². The van der Waals surface area contributed by atoms with Gasteiger partial charge >= 0.3 is 0 Å². The van der Waals surface area contributed by atoms with Crippen LogP contribution >= 0.6 is 11.6 Å². The molecule has 8 unspecified atom stereocenters. The van der Waals surface area contributed by atoms with Gasteiger partial charge in [-0.1, -0.05) is 60.5 Å². The number of ether oxygens (including phenoxy) is 2. The summed E-state index contributed by atoms with van der Waals surface area (Å²) in [5.74, 6) is 0.725. The van der Waals surface area contributed by atoms with Crippen molar-refractivity contribution in [1.82, 2.24) is 20.3 Å². The van der Waals surface area contributed by atoms with Crippen molar-refractivity contribution in [2.24, 2.45) is 11.8 Å². The van der Waals surface area contributed by atoms with Gasteiger partial charge in [0.2, 0.25) is 15.9 Å². The predicted molar refractivity (Wildman–Crippen MR) is 199 cm³/mol. The van der Waals surface area contributed by atoms with Crippen LogP contribution in [-0.4, -0.2) is 87.0 Å². The smallest absolute Gasteiger partial charge is 0.238 e. The molecule has 8 atom stereocenters. The lowest BCUT2D eigenvalue weighted by molar-refractivity contribution is -0.126. The quantitative estimate of drug-likeness (QED) is 0.216. The molecule has 3 heterocycles. The van der Waals surface area contributed by atoms with Crippen LogP contribution < -0.4 is 16.0 Å². The average molecular weight is 729 g/mol. The van der Waals surface area contributed by atoms with E-state index in [0.29, 0.717) is 50.4 Å². The number of amides is 1. The van der Waals surface area contributed by atoms with Gasteiger partial charge in [-0.25, -0.2) is 8.42 Å². The van der Waals surface area contributed by atoms with Gasteiger partial charge < -0.3 is 25.4 Å². The van der Waals surface area contributed by atoms with Crippen LogP contribution in [0.15, 0.2) is 54.6 Å². The molecule has 3 saturated heterocycles. The molecule has 6 rings (SSSR count). The molecule has 276 valence electrons. The highest BCUT2D eigenvalue weighted by molar-refractivity contribution is 7.89. The number of nitrogens with zero attached hydrogens (tertiary/aromatic N) is 1. The molecule has 3 N–H and O–H groups in total. The van der Waals surface area contributed by atoms with Crippen molar-refractivity contribution in [2.75, 3.05) is 38.6 Å². The summed E-state index contributed by atoms with van der Waals surface area (Å²) in [6.45, 7) is 7.76. The SMILES string of the molecule is CC1(C)CC(C(c2ccc(Cl)cc2)C(NCCOCc2ccccc2)C(=O)NC2CCCC2CCC2CNC3CCCS(=O)(=O)N2C3)CCO1. The molecule has 3 aliphatic heterocycles. The van der Waals surface area contributed by atoms with Gasteiger partial charge in [-0.15, -0.1) is 0 Å². The summed E-state index contributed by atoms with van der Waals surface area (Å²) in [6, 6.07) is 17.9. The van der Waals surface area contributed by atoms with E-state index in [1.54, 1.807) is 4.31 Å². The van der Waals surface area contributed by atoms with E-state index >= 15 is 0 Å². The fourth-order valence-electron chi connectivity index (χ4n) is 8.94. The lowest BCUT2D eigenvalue weighted by Gasteiger charge is -2.42. The summed E-state index contributed by atoms with van der Waals surface area (Å²) in [4.78, 5) is 14.6. The Labute approximate surface area is 304 Å². The van der Waals surface area contributed by atoms with Gasteiger partial charge in [0.15, 0.2) is 0 Å². The second kappa shape index (κ2) is 17.2. The second-order valence-corrected chi connectivity index (χ2v) is 18.1. The summed E-state index contributed by atoms with van der Waals surface area (Å²) < 4.78 is 40.1. The highest BCUT2D eigenvalue weighted by atomic mass is 35.5. The standard InChI is InChI=1S/C39H57ClN4O5S/c1-39(2)24-31(19-21-49-39)36(30-13-16-32(40)17-14-30)37(41-20-22-48-27-28-8-4-3-5-9-28)38(45)43-35-12-6-10-29(35)15-18-34-25-42-33-11-7-23-50(46,47)44(34)26-33/h3-5,8-9,13-14,16-17,29,31,33-37,41-42H,6-7,10-12,15,18-27H2,1-2H3,(H,43,45). The molecule has 2 bridgehead atoms. The molecule has 1 saturated carbocycles. The summed E-state index contributed by atoms with van der Waals surface area (Å²) in [6.07, 6.45) is 8.09. The second-order valence-electron chi connectivity index (χ2n) is 15.6. The maximum Gasteiger partial charge on any atom is 0.238 e. The van der Waals surface area contributed by atoms with E-state index in [-0.39, 0.29) is 47.2 Å². The van der Waals surface area contributed by atoms with E-state index in [1.807, 2.05) is 30.3 Å². The predicted octanol–water partition coefficient (Wildman–Crippen LogP) is 5.63. The first-order valence-electron chi connectivity index (χ1n) is 18.9. The number of carbonyl (C=O) groups is 1. The van der Waals surface area contributed by atoms with Gasteiger partial charge in [0.25, 0.3) is 0 Å². The van der Waals surface area contributed by atoms with Gasteiger partial charge in [0.05, 0.1) is 30.6 Å². The molecule has 2 aromatic rings. The van der Waals surface area contributed by atoms with Gasteiger partial charge in [-0.3, -0.25) is 4.79 Å². The van der Waals surface area contributed by atoms with Crippen molar-refractivity contribution < 1.29 is 22.7 Å². The molecule has 2 aromatic carbocycles. The average Bonchev–Trinajstić information content (AvgIpc) is 3.49. The molecule has 4 aliphatic rings. The fraction of sp³-hybridized carbons (Fsp3) is 0.667. The number of carbonyl (C=O) groups excluding carboxylic acids is 1.